The van der Waals surface area contributed by atoms with Crippen LogP contribution in [-0.4, -0.2) is 43.1 Å². The third-order valence-corrected chi connectivity index (χ3v) is 11.7. The Hall–Kier alpha value is -1.21. The molecule has 0 amide bonds. The highest BCUT2D eigenvalue weighted by molar-refractivity contribution is 9.10. The summed E-state index contributed by atoms with van der Waals surface area (Å²) >= 11 is 3.65. The summed E-state index contributed by atoms with van der Waals surface area (Å²) in [5.41, 5.74) is 2.83. The van der Waals surface area contributed by atoms with Crippen LogP contribution < -0.4 is 0 Å². The first-order valence-corrected chi connectivity index (χ1v) is 19.7. The van der Waals surface area contributed by atoms with E-state index in [2.05, 4.69) is 88.8 Å². The van der Waals surface area contributed by atoms with Crippen LogP contribution >= 0.6 is 15.9 Å². The molecule has 6 heteroatoms. The predicted octanol–water partition coefficient (Wildman–Crippen LogP) is 11.5. The van der Waals surface area contributed by atoms with Crippen LogP contribution in [0, 0.1) is 18.8 Å². The third kappa shape index (κ3) is 14.1. The van der Waals surface area contributed by atoms with Gasteiger partial charge in [-0.3, -0.25) is 4.55 Å². The van der Waals surface area contributed by atoms with E-state index in [4.69, 9.17) is 4.55 Å². The lowest BCUT2D eigenvalue weighted by atomic mass is 9.81. The highest BCUT2D eigenvalue weighted by atomic mass is 79.9. The van der Waals surface area contributed by atoms with Crippen LogP contribution in [0.3, 0.4) is 0 Å². The molecule has 2 aromatic carbocycles. The van der Waals surface area contributed by atoms with E-state index in [1.54, 1.807) is 12.1 Å². The average molecular weight is 696 g/mol. The number of benzene rings is 2. The van der Waals surface area contributed by atoms with E-state index in [1.165, 1.54) is 123 Å². The lowest BCUT2D eigenvalue weighted by Crippen LogP contribution is -2.62. The Morgan fingerprint density at radius 1 is 0.864 bits per heavy atom. The maximum atomic E-state index is 10.5. The minimum Gasteiger partial charge on any atom is -0.321 e. The summed E-state index contributed by atoms with van der Waals surface area (Å²) in [5.74, 6) is 1.74. The Bertz CT molecular complexity index is 1140. The lowest BCUT2D eigenvalue weighted by Gasteiger charge is -2.52. The maximum Gasteiger partial charge on any atom is 0.294 e. The minimum atomic E-state index is -4.02. The van der Waals surface area contributed by atoms with E-state index < -0.39 is 10.1 Å². The topological polar surface area (TPSA) is 54.4 Å². The molecule has 1 N–H and O–H groups in total. The number of hydrogen-bond donors (Lipinski definition) is 1. The molecule has 0 radical (unpaired) electrons. The van der Waals surface area contributed by atoms with Gasteiger partial charge in [-0.2, -0.15) is 8.42 Å². The van der Waals surface area contributed by atoms with Gasteiger partial charge in [0, 0.05) is 10.9 Å². The van der Waals surface area contributed by atoms with Crippen LogP contribution in [0.15, 0.2) is 57.9 Å². The predicted molar refractivity (Wildman–Crippen MR) is 194 cm³/mol. The molecular formula is C38H65BrNO3S+. The normalized spacial score (nSPS) is 14.2. The molecule has 0 aliphatic rings. The zero-order chi connectivity index (χ0) is 33.2. The summed E-state index contributed by atoms with van der Waals surface area (Å²) in [6.07, 6.45) is 17.4. The van der Waals surface area contributed by atoms with Gasteiger partial charge >= 0.3 is 0 Å². The van der Waals surface area contributed by atoms with Crippen molar-refractivity contribution < 1.29 is 17.5 Å². The molecule has 0 saturated heterocycles. The quantitative estimate of drug-likeness (QED) is 0.0852. The van der Waals surface area contributed by atoms with Gasteiger partial charge in [0.15, 0.2) is 0 Å². The standard InChI is InChI=1S/C31H57BrN.C7H8O3S/c1-8-13-14-17-27(6)21-24-33(7,25-22-28(9-2)10-3)31(11-4,12-5)23-16-19-29-18-15-20-30(32)26-29;1-6-2-4-7(5-3-6)11(8,9)10/h15,18,20,26-28H,8-14,16-17,19,21-25H2,1-7H3;2-5H,1H3,(H,8,9,10)/q+1;. The molecule has 0 fully saturated rings. The number of aryl methyl sites for hydroxylation is 2. The molecule has 44 heavy (non-hydrogen) atoms. The fraction of sp³-hybridized carbons (Fsp3) is 0.684. The molecule has 0 aliphatic heterocycles. The molecule has 0 saturated carbocycles. The van der Waals surface area contributed by atoms with Gasteiger partial charge in [0.05, 0.1) is 30.6 Å². The van der Waals surface area contributed by atoms with Gasteiger partial charge in [0.2, 0.25) is 0 Å². The first-order chi connectivity index (χ1) is 20.8. The molecule has 2 aromatic rings. The number of rotatable bonds is 20. The Morgan fingerprint density at radius 3 is 2.00 bits per heavy atom. The monoisotopic (exact) mass is 694 g/mol. The summed E-state index contributed by atoms with van der Waals surface area (Å²) in [6.45, 7) is 19.1. The Morgan fingerprint density at radius 2 is 1.48 bits per heavy atom. The molecule has 252 valence electrons. The molecule has 0 aromatic heterocycles. The van der Waals surface area contributed by atoms with E-state index in [9.17, 15) is 8.42 Å². The van der Waals surface area contributed by atoms with Gasteiger partial charge in [0.1, 0.15) is 0 Å². The van der Waals surface area contributed by atoms with Crippen molar-refractivity contribution in [2.24, 2.45) is 11.8 Å². The number of unbranched alkanes of at least 4 members (excludes halogenated alkanes) is 2. The van der Waals surface area contributed by atoms with Crippen molar-refractivity contribution in [1.82, 2.24) is 0 Å². The Labute approximate surface area is 280 Å². The second-order valence-corrected chi connectivity index (χ2v) is 15.7. The number of hydrogen-bond acceptors (Lipinski definition) is 2. The second kappa shape index (κ2) is 20.8. The Kier molecular flexibility index (Phi) is 19.3. The maximum absolute atomic E-state index is 10.5. The Balaban J connectivity index is 0.000000733. The largest absolute Gasteiger partial charge is 0.321 e. The van der Waals surface area contributed by atoms with E-state index in [0.29, 0.717) is 5.54 Å². The van der Waals surface area contributed by atoms with E-state index in [0.717, 1.165) is 17.4 Å². The van der Waals surface area contributed by atoms with Gasteiger partial charge in [-0.15, -0.1) is 0 Å². The fourth-order valence-corrected chi connectivity index (χ4v) is 7.73. The van der Waals surface area contributed by atoms with Crippen molar-refractivity contribution >= 4 is 26.0 Å². The fourth-order valence-electron chi connectivity index (χ4n) is 6.80. The van der Waals surface area contributed by atoms with Crippen LogP contribution in [-0.2, 0) is 16.5 Å². The lowest BCUT2D eigenvalue weighted by molar-refractivity contribution is -0.961. The van der Waals surface area contributed by atoms with Crippen molar-refractivity contribution in [3.05, 3.63) is 64.1 Å². The summed E-state index contributed by atoms with van der Waals surface area (Å²) in [5, 5.41) is 0. The number of quaternary nitrogens is 1. The molecule has 4 nitrogen and oxygen atoms in total. The first kappa shape index (κ1) is 40.8. The molecular weight excluding hydrogens is 630 g/mol. The summed E-state index contributed by atoms with van der Waals surface area (Å²) < 4.78 is 32.0. The zero-order valence-electron chi connectivity index (χ0n) is 29.4. The van der Waals surface area contributed by atoms with Crippen molar-refractivity contribution in [3.63, 3.8) is 0 Å². The minimum absolute atomic E-state index is 0.0666. The molecule has 2 rings (SSSR count). The molecule has 2 unspecified atom stereocenters. The smallest absolute Gasteiger partial charge is 0.294 e. The number of halogens is 1. The van der Waals surface area contributed by atoms with Crippen molar-refractivity contribution in [2.45, 2.75) is 142 Å². The third-order valence-electron chi connectivity index (χ3n) is 10.4. The molecule has 0 bridgehead atoms. The second-order valence-electron chi connectivity index (χ2n) is 13.4. The van der Waals surface area contributed by atoms with Crippen LogP contribution in [0.25, 0.3) is 0 Å². The summed E-state index contributed by atoms with van der Waals surface area (Å²) in [7, 11) is -1.39. The van der Waals surface area contributed by atoms with Crippen LogP contribution in [0.4, 0.5) is 0 Å². The van der Waals surface area contributed by atoms with Crippen LogP contribution in [0.5, 0.6) is 0 Å². The van der Waals surface area contributed by atoms with Crippen LogP contribution in [0.2, 0.25) is 0 Å². The van der Waals surface area contributed by atoms with Gasteiger partial charge < -0.3 is 4.48 Å². The van der Waals surface area contributed by atoms with Crippen molar-refractivity contribution in [3.8, 4) is 0 Å². The molecule has 0 spiro atoms. The van der Waals surface area contributed by atoms with Gasteiger partial charge in [-0.1, -0.05) is 126 Å². The average Bonchev–Trinajstić information content (AvgIpc) is 2.99. The molecule has 2 atom stereocenters. The van der Waals surface area contributed by atoms with Crippen molar-refractivity contribution in [1.29, 1.82) is 0 Å². The summed E-state index contributed by atoms with van der Waals surface area (Å²) in [6, 6.07) is 14.9. The highest BCUT2D eigenvalue weighted by Gasteiger charge is 2.44. The van der Waals surface area contributed by atoms with E-state index >= 15 is 0 Å². The summed E-state index contributed by atoms with van der Waals surface area (Å²) in [4.78, 5) is -0.0666. The first-order valence-electron chi connectivity index (χ1n) is 17.4. The van der Waals surface area contributed by atoms with Gasteiger partial charge in [-0.25, -0.2) is 0 Å². The number of nitrogens with zero attached hydrogens (tertiary/aromatic N) is 1. The van der Waals surface area contributed by atoms with Crippen LogP contribution in [0.1, 0.15) is 130 Å². The van der Waals surface area contributed by atoms with E-state index in [-0.39, 0.29) is 4.90 Å². The van der Waals surface area contributed by atoms with Gasteiger partial charge in [-0.05, 0) is 87.1 Å². The SMILES string of the molecule is CCCCCC(C)CC[N+](C)(CCC(CC)CC)C(CC)(CC)CCCc1cccc(Br)c1.Cc1ccc(S(=O)(=O)O)cc1. The molecule has 0 heterocycles. The van der Waals surface area contributed by atoms with Gasteiger partial charge in [0.25, 0.3) is 10.1 Å². The van der Waals surface area contributed by atoms with Crippen molar-refractivity contribution in [2.75, 3.05) is 20.1 Å². The van der Waals surface area contributed by atoms with E-state index in [1.807, 2.05) is 6.92 Å². The highest BCUT2D eigenvalue weighted by Crippen LogP contribution is 2.38. The zero-order valence-corrected chi connectivity index (χ0v) is 31.8. The molecule has 0 aliphatic carbocycles.